The van der Waals surface area contributed by atoms with Crippen LogP contribution in [-0.2, 0) is 18.4 Å². The van der Waals surface area contributed by atoms with Gasteiger partial charge in [0.15, 0.2) is 0 Å². The van der Waals surface area contributed by atoms with Gasteiger partial charge in [0.1, 0.15) is 6.04 Å². The fourth-order valence-electron chi connectivity index (χ4n) is 3.56. The number of rotatable bonds is 6. The summed E-state index contributed by atoms with van der Waals surface area (Å²) < 4.78 is 1.91. The Morgan fingerprint density at radius 2 is 1.81 bits per heavy atom. The predicted octanol–water partition coefficient (Wildman–Crippen LogP) is 3.14. The predicted molar refractivity (Wildman–Crippen MR) is 104 cm³/mol. The van der Waals surface area contributed by atoms with Crippen molar-refractivity contribution >= 4 is 5.91 Å². The van der Waals surface area contributed by atoms with Gasteiger partial charge in [0.2, 0.25) is 5.91 Å². The second kappa shape index (κ2) is 7.23. The molecule has 2 aromatic rings. The molecule has 1 heterocycles. The first kappa shape index (κ1) is 18.6. The van der Waals surface area contributed by atoms with E-state index < -0.39 is 0 Å². The number of nitrogens with zero attached hydrogens (tertiary/aromatic N) is 4. The van der Waals surface area contributed by atoms with Gasteiger partial charge in [0, 0.05) is 30.9 Å². The smallest absolute Gasteiger partial charge is 0.245 e. The first-order valence-corrected chi connectivity index (χ1v) is 9.32. The number of benzene rings is 1. The lowest BCUT2D eigenvalue weighted by Crippen LogP contribution is -2.41. The van der Waals surface area contributed by atoms with E-state index in [-0.39, 0.29) is 11.9 Å². The third-order valence-electron chi connectivity index (χ3n) is 5.40. The lowest BCUT2D eigenvalue weighted by Gasteiger charge is -2.31. The SMILES string of the molecule is Cc1ccc([C@@H](C(=O)N(Cc2c(C)nn(C)c2C)C2CC2)N(C)C)cc1. The van der Waals surface area contributed by atoms with Crippen molar-refractivity contribution in [2.75, 3.05) is 14.1 Å². The summed E-state index contributed by atoms with van der Waals surface area (Å²) in [6, 6.07) is 8.40. The van der Waals surface area contributed by atoms with Gasteiger partial charge in [-0.25, -0.2) is 0 Å². The molecular weight excluding hydrogens is 324 g/mol. The number of amides is 1. The minimum absolute atomic E-state index is 0.184. The van der Waals surface area contributed by atoms with E-state index in [1.807, 2.05) is 37.6 Å². The van der Waals surface area contributed by atoms with E-state index in [0.717, 1.165) is 29.8 Å². The quantitative estimate of drug-likeness (QED) is 0.800. The molecule has 1 aliphatic carbocycles. The molecule has 1 fully saturated rings. The zero-order chi connectivity index (χ0) is 19.0. The number of aromatic nitrogens is 2. The number of carbonyl (C=O) groups excluding carboxylic acids is 1. The molecule has 1 saturated carbocycles. The third-order valence-corrected chi connectivity index (χ3v) is 5.40. The number of aryl methyl sites for hydroxylation is 3. The number of hydrogen-bond acceptors (Lipinski definition) is 3. The second-order valence-corrected chi connectivity index (χ2v) is 7.75. The van der Waals surface area contributed by atoms with Crippen molar-refractivity contribution in [2.24, 2.45) is 7.05 Å². The van der Waals surface area contributed by atoms with Crippen molar-refractivity contribution in [3.63, 3.8) is 0 Å². The van der Waals surface area contributed by atoms with Crippen LogP contribution < -0.4 is 0 Å². The van der Waals surface area contributed by atoms with E-state index in [9.17, 15) is 4.79 Å². The van der Waals surface area contributed by atoms with Crippen LogP contribution in [0.1, 0.15) is 47.0 Å². The normalized spacial score (nSPS) is 15.3. The Hall–Kier alpha value is -2.14. The molecule has 1 atom stereocenters. The maximum Gasteiger partial charge on any atom is 0.245 e. The molecule has 1 aromatic carbocycles. The molecule has 0 radical (unpaired) electrons. The largest absolute Gasteiger partial charge is 0.334 e. The van der Waals surface area contributed by atoms with E-state index in [4.69, 9.17) is 0 Å². The molecule has 140 valence electrons. The molecule has 26 heavy (non-hydrogen) atoms. The Morgan fingerprint density at radius 1 is 1.19 bits per heavy atom. The summed E-state index contributed by atoms with van der Waals surface area (Å²) in [6.45, 7) is 6.82. The van der Waals surface area contributed by atoms with Gasteiger partial charge < -0.3 is 4.90 Å². The Kier molecular flexibility index (Phi) is 5.19. The molecule has 5 nitrogen and oxygen atoms in total. The van der Waals surface area contributed by atoms with Crippen molar-refractivity contribution in [3.05, 3.63) is 52.3 Å². The Balaban J connectivity index is 1.90. The maximum atomic E-state index is 13.5. The zero-order valence-electron chi connectivity index (χ0n) is 16.8. The summed E-state index contributed by atoms with van der Waals surface area (Å²) in [5.74, 6) is 0.184. The highest BCUT2D eigenvalue weighted by molar-refractivity contribution is 5.84. The summed E-state index contributed by atoms with van der Waals surface area (Å²) in [5.41, 5.74) is 5.59. The van der Waals surface area contributed by atoms with Crippen molar-refractivity contribution in [1.82, 2.24) is 19.6 Å². The van der Waals surface area contributed by atoms with Crippen molar-refractivity contribution in [2.45, 2.75) is 52.2 Å². The maximum absolute atomic E-state index is 13.5. The van der Waals surface area contributed by atoms with Crippen LogP contribution in [0.15, 0.2) is 24.3 Å². The van der Waals surface area contributed by atoms with E-state index in [1.54, 1.807) is 0 Å². The monoisotopic (exact) mass is 354 g/mol. The molecule has 0 aliphatic heterocycles. The average Bonchev–Trinajstić information content (AvgIpc) is 3.37. The minimum atomic E-state index is -0.256. The second-order valence-electron chi connectivity index (χ2n) is 7.75. The summed E-state index contributed by atoms with van der Waals surface area (Å²) >= 11 is 0. The van der Waals surface area contributed by atoms with Gasteiger partial charge in [-0.15, -0.1) is 0 Å². The van der Waals surface area contributed by atoms with Gasteiger partial charge in [-0.05, 0) is 53.3 Å². The molecule has 0 N–H and O–H groups in total. The van der Waals surface area contributed by atoms with Crippen molar-refractivity contribution in [3.8, 4) is 0 Å². The Labute approximate surface area is 156 Å². The molecule has 1 aliphatic rings. The van der Waals surface area contributed by atoms with Crippen LogP contribution in [0.2, 0.25) is 0 Å². The van der Waals surface area contributed by atoms with Crippen LogP contribution in [-0.4, -0.2) is 45.6 Å². The van der Waals surface area contributed by atoms with E-state index in [1.165, 1.54) is 11.1 Å². The van der Waals surface area contributed by atoms with Crippen LogP contribution >= 0.6 is 0 Å². The van der Waals surface area contributed by atoms with Crippen molar-refractivity contribution < 1.29 is 4.79 Å². The number of hydrogen-bond donors (Lipinski definition) is 0. The summed E-state index contributed by atoms with van der Waals surface area (Å²) in [4.78, 5) is 17.6. The van der Waals surface area contributed by atoms with Crippen LogP contribution in [0, 0.1) is 20.8 Å². The van der Waals surface area contributed by atoms with Gasteiger partial charge >= 0.3 is 0 Å². The van der Waals surface area contributed by atoms with Gasteiger partial charge in [-0.3, -0.25) is 14.4 Å². The van der Waals surface area contributed by atoms with Crippen molar-refractivity contribution in [1.29, 1.82) is 0 Å². The van der Waals surface area contributed by atoms with Crippen LogP contribution in [0.4, 0.5) is 0 Å². The summed E-state index contributed by atoms with van der Waals surface area (Å²) in [6.07, 6.45) is 2.19. The molecule has 1 aromatic heterocycles. The fourth-order valence-corrected chi connectivity index (χ4v) is 3.56. The van der Waals surface area contributed by atoms with Crippen LogP contribution in [0.25, 0.3) is 0 Å². The van der Waals surface area contributed by atoms with E-state index in [0.29, 0.717) is 12.6 Å². The molecule has 0 spiro atoms. The first-order chi connectivity index (χ1) is 12.3. The lowest BCUT2D eigenvalue weighted by molar-refractivity contribution is -0.137. The highest BCUT2D eigenvalue weighted by Gasteiger charge is 2.38. The lowest BCUT2D eigenvalue weighted by atomic mass is 10.0. The highest BCUT2D eigenvalue weighted by Crippen LogP contribution is 2.33. The van der Waals surface area contributed by atoms with E-state index in [2.05, 4.69) is 48.1 Å². The van der Waals surface area contributed by atoms with Gasteiger partial charge in [0.05, 0.1) is 5.69 Å². The molecule has 0 saturated heterocycles. The third kappa shape index (κ3) is 3.68. The Morgan fingerprint density at radius 3 is 2.27 bits per heavy atom. The highest BCUT2D eigenvalue weighted by atomic mass is 16.2. The number of likely N-dealkylation sites (N-methyl/N-ethyl adjacent to an activating group) is 1. The standard InChI is InChI=1S/C21H30N4O/c1-14-7-9-17(10-8-14)20(23(4)5)21(26)25(18-11-12-18)13-19-15(2)22-24(6)16(19)3/h7-10,18,20H,11-13H2,1-6H3/t20-/m0/s1. The molecular formula is C21H30N4O. The zero-order valence-corrected chi connectivity index (χ0v) is 16.8. The van der Waals surface area contributed by atoms with E-state index >= 15 is 0 Å². The van der Waals surface area contributed by atoms with Gasteiger partial charge in [0.25, 0.3) is 0 Å². The Bertz CT molecular complexity index is 787. The van der Waals surface area contributed by atoms with Gasteiger partial charge in [-0.2, -0.15) is 5.10 Å². The summed E-state index contributed by atoms with van der Waals surface area (Å²) in [5, 5.41) is 4.52. The van der Waals surface area contributed by atoms with Gasteiger partial charge in [-0.1, -0.05) is 29.8 Å². The molecule has 0 unspecified atom stereocenters. The molecule has 0 bridgehead atoms. The first-order valence-electron chi connectivity index (χ1n) is 9.32. The number of carbonyl (C=O) groups is 1. The minimum Gasteiger partial charge on any atom is -0.334 e. The molecule has 3 rings (SSSR count). The van der Waals surface area contributed by atoms with Crippen LogP contribution in [0.3, 0.4) is 0 Å². The molecule has 1 amide bonds. The topological polar surface area (TPSA) is 41.4 Å². The molecule has 5 heteroatoms. The fraction of sp³-hybridized carbons (Fsp3) is 0.524. The summed E-state index contributed by atoms with van der Waals surface area (Å²) in [7, 11) is 5.92. The van der Waals surface area contributed by atoms with Crippen LogP contribution in [0.5, 0.6) is 0 Å². The average molecular weight is 354 g/mol.